The first-order valence-corrected chi connectivity index (χ1v) is 7.38. The van der Waals surface area contributed by atoms with Crippen LogP contribution in [0.3, 0.4) is 0 Å². The van der Waals surface area contributed by atoms with Crippen molar-refractivity contribution in [2.45, 2.75) is 25.5 Å². The number of anilines is 1. The molecule has 1 amide bonds. The van der Waals surface area contributed by atoms with E-state index in [2.05, 4.69) is 4.90 Å². The third-order valence-electron chi connectivity index (χ3n) is 4.37. The van der Waals surface area contributed by atoms with Gasteiger partial charge in [0, 0.05) is 13.7 Å². The van der Waals surface area contributed by atoms with Crippen LogP contribution >= 0.6 is 0 Å². The van der Waals surface area contributed by atoms with Crippen LogP contribution in [0.4, 0.5) is 5.69 Å². The van der Waals surface area contributed by atoms with Gasteiger partial charge in [0.1, 0.15) is 12.4 Å². The fraction of sp³-hybridized carbons (Fsp3) is 0.562. The van der Waals surface area contributed by atoms with Crippen molar-refractivity contribution < 1.29 is 14.3 Å². The predicted octanol–water partition coefficient (Wildman–Crippen LogP) is 1.44. The first-order chi connectivity index (χ1) is 10.1. The molecule has 0 spiro atoms. The molecular weight excluding hydrogens is 268 g/mol. The van der Waals surface area contributed by atoms with Gasteiger partial charge in [-0.25, -0.2) is 0 Å². The monoisotopic (exact) mass is 290 g/mol. The Morgan fingerprint density at radius 3 is 2.95 bits per heavy atom. The number of nitrogens with zero attached hydrogens (tertiary/aromatic N) is 2. The van der Waals surface area contributed by atoms with E-state index in [9.17, 15) is 4.79 Å². The van der Waals surface area contributed by atoms with Crippen molar-refractivity contribution in [3.8, 4) is 5.75 Å². The van der Waals surface area contributed by atoms with Crippen molar-refractivity contribution in [1.82, 2.24) is 4.90 Å². The Hall–Kier alpha value is -1.59. The largest absolute Gasteiger partial charge is 0.490 e. The van der Waals surface area contributed by atoms with Gasteiger partial charge in [0.25, 0.3) is 0 Å². The van der Waals surface area contributed by atoms with Gasteiger partial charge in [-0.15, -0.1) is 0 Å². The third-order valence-corrected chi connectivity index (χ3v) is 4.37. The van der Waals surface area contributed by atoms with Crippen LogP contribution in [-0.4, -0.2) is 56.8 Å². The second-order valence-corrected chi connectivity index (χ2v) is 5.86. The fourth-order valence-electron chi connectivity index (χ4n) is 3.15. The quantitative estimate of drug-likeness (QED) is 0.826. The minimum Gasteiger partial charge on any atom is -0.490 e. The summed E-state index contributed by atoms with van der Waals surface area (Å²) in [5.74, 6) is 0.948. The van der Waals surface area contributed by atoms with Crippen LogP contribution in [0, 0.1) is 6.92 Å². The maximum atomic E-state index is 12.9. The lowest BCUT2D eigenvalue weighted by atomic mass is 10.1. The number of amides is 1. The van der Waals surface area contributed by atoms with E-state index in [1.165, 1.54) is 0 Å². The molecule has 5 nitrogen and oxygen atoms in total. The normalized spacial score (nSPS) is 25.6. The number of benzene rings is 1. The summed E-state index contributed by atoms with van der Waals surface area (Å²) in [6.07, 6.45) is 0.896. The van der Waals surface area contributed by atoms with Gasteiger partial charge in [0.2, 0.25) is 5.91 Å². The molecule has 0 aliphatic carbocycles. The summed E-state index contributed by atoms with van der Waals surface area (Å²) in [7, 11) is 3.69. The Balaban J connectivity index is 1.84. The molecule has 5 heteroatoms. The van der Waals surface area contributed by atoms with Gasteiger partial charge >= 0.3 is 0 Å². The predicted molar refractivity (Wildman–Crippen MR) is 80.9 cm³/mol. The molecule has 0 saturated carbocycles. The van der Waals surface area contributed by atoms with E-state index in [4.69, 9.17) is 9.47 Å². The Kier molecular flexibility index (Phi) is 3.87. The van der Waals surface area contributed by atoms with Crippen molar-refractivity contribution in [3.05, 3.63) is 23.8 Å². The molecule has 0 N–H and O–H groups in total. The number of aryl methyl sites for hydroxylation is 1. The molecule has 0 bridgehead atoms. The topological polar surface area (TPSA) is 42.0 Å². The van der Waals surface area contributed by atoms with Gasteiger partial charge in [-0.05, 0) is 38.1 Å². The molecule has 1 fully saturated rings. The summed E-state index contributed by atoms with van der Waals surface area (Å²) in [4.78, 5) is 16.8. The van der Waals surface area contributed by atoms with E-state index in [-0.39, 0.29) is 18.1 Å². The lowest BCUT2D eigenvalue weighted by Gasteiger charge is -2.33. The summed E-state index contributed by atoms with van der Waals surface area (Å²) in [5.41, 5.74) is 2.02. The van der Waals surface area contributed by atoms with Crippen LogP contribution in [0.15, 0.2) is 18.2 Å². The lowest BCUT2D eigenvalue weighted by molar-refractivity contribution is -0.122. The van der Waals surface area contributed by atoms with Crippen molar-refractivity contribution in [2.24, 2.45) is 0 Å². The summed E-state index contributed by atoms with van der Waals surface area (Å²) >= 11 is 0. The highest BCUT2D eigenvalue weighted by Crippen LogP contribution is 2.34. The SMILES string of the molecule is CO[C@H]1C[C@@H](C(=O)N2CCOc3cc(C)ccc32)N(C)C1. The molecule has 2 heterocycles. The molecule has 114 valence electrons. The van der Waals surface area contributed by atoms with Crippen molar-refractivity contribution in [3.63, 3.8) is 0 Å². The number of hydrogen-bond acceptors (Lipinski definition) is 4. The van der Waals surface area contributed by atoms with Crippen LogP contribution < -0.4 is 9.64 Å². The number of methoxy groups -OCH3 is 1. The first kappa shape index (κ1) is 14.4. The third kappa shape index (κ3) is 2.63. The molecule has 1 aromatic rings. The molecule has 3 rings (SSSR count). The minimum atomic E-state index is -0.109. The van der Waals surface area contributed by atoms with Crippen molar-refractivity contribution in [1.29, 1.82) is 0 Å². The Bertz CT molecular complexity index is 546. The van der Waals surface area contributed by atoms with Gasteiger partial charge in [0.05, 0.1) is 24.4 Å². The van der Waals surface area contributed by atoms with E-state index < -0.39 is 0 Å². The molecular formula is C16H22N2O3. The maximum Gasteiger partial charge on any atom is 0.244 e. The number of hydrogen-bond donors (Lipinski definition) is 0. The fourth-order valence-corrected chi connectivity index (χ4v) is 3.15. The number of carbonyl (C=O) groups is 1. The van der Waals surface area contributed by atoms with Crippen LogP contribution in [0.5, 0.6) is 5.75 Å². The van der Waals surface area contributed by atoms with Crippen molar-refractivity contribution >= 4 is 11.6 Å². The van der Waals surface area contributed by atoms with Gasteiger partial charge in [-0.1, -0.05) is 6.07 Å². The second kappa shape index (κ2) is 5.66. The number of ether oxygens (including phenoxy) is 2. The first-order valence-electron chi connectivity index (χ1n) is 7.38. The van der Waals surface area contributed by atoms with E-state index in [0.717, 1.165) is 30.0 Å². The van der Waals surface area contributed by atoms with Crippen LogP contribution in [-0.2, 0) is 9.53 Å². The van der Waals surface area contributed by atoms with Gasteiger partial charge < -0.3 is 14.4 Å². The molecule has 1 saturated heterocycles. The number of likely N-dealkylation sites (tertiary alicyclic amines) is 1. The van der Waals surface area contributed by atoms with Crippen molar-refractivity contribution in [2.75, 3.05) is 38.8 Å². The standard InChI is InChI=1S/C16H22N2O3/c1-11-4-5-13-15(8-11)21-7-6-18(13)16(19)14-9-12(20-3)10-17(14)2/h4-5,8,12,14H,6-7,9-10H2,1-3H3/t12-,14-/m0/s1. The highest BCUT2D eigenvalue weighted by atomic mass is 16.5. The number of carbonyl (C=O) groups excluding carboxylic acids is 1. The number of likely N-dealkylation sites (N-methyl/N-ethyl adjacent to an activating group) is 1. The van der Waals surface area contributed by atoms with Crippen LogP contribution in [0.2, 0.25) is 0 Å². The molecule has 0 unspecified atom stereocenters. The number of fused-ring (bicyclic) bond motifs is 1. The maximum absolute atomic E-state index is 12.9. The van der Waals surface area contributed by atoms with Gasteiger partial charge in [-0.2, -0.15) is 0 Å². The molecule has 2 aliphatic heterocycles. The molecule has 2 aliphatic rings. The van der Waals surface area contributed by atoms with Crippen LogP contribution in [0.1, 0.15) is 12.0 Å². The molecule has 0 radical (unpaired) electrons. The summed E-state index contributed by atoms with van der Waals surface area (Å²) in [6.45, 7) is 3.99. The molecule has 2 atom stereocenters. The Morgan fingerprint density at radius 1 is 1.43 bits per heavy atom. The molecule has 21 heavy (non-hydrogen) atoms. The summed E-state index contributed by atoms with van der Waals surface area (Å²) < 4.78 is 11.1. The zero-order valence-corrected chi connectivity index (χ0v) is 12.8. The van der Waals surface area contributed by atoms with E-state index >= 15 is 0 Å². The lowest BCUT2D eigenvalue weighted by Crippen LogP contribution is -2.47. The number of rotatable bonds is 2. The zero-order chi connectivity index (χ0) is 15.0. The van der Waals surface area contributed by atoms with E-state index in [0.29, 0.717) is 13.2 Å². The highest BCUT2D eigenvalue weighted by Gasteiger charge is 2.38. The Morgan fingerprint density at radius 2 is 2.24 bits per heavy atom. The Labute approximate surface area is 125 Å². The van der Waals surface area contributed by atoms with Gasteiger partial charge in [-0.3, -0.25) is 9.69 Å². The second-order valence-electron chi connectivity index (χ2n) is 5.86. The highest BCUT2D eigenvalue weighted by molar-refractivity contribution is 5.99. The minimum absolute atomic E-state index is 0.109. The van der Waals surface area contributed by atoms with Crippen LogP contribution in [0.25, 0.3) is 0 Å². The van der Waals surface area contributed by atoms with Gasteiger partial charge in [0.15, 0.2) is 0 Å². The molecule has 0 aromatic heterocycles. The molecule has 1 aromatic carbocycles. The summed E-state index contributed by atoms with van der Waals surface area (Å²) in [6, 6.07) is 5.88. The van der Waals surface area contributed by atoms with E-state index in [1.54, 1.807) is 7.11 Å². The van der Waals surface area contributed by atoms with E-state index in [1.807, 2.05) is 37.1 Å². The average molecular weight is 290 g/mol. The zero-order valence-electron chi connectivity index (χ0n) is 12.8. The summed E-state index contributed by atoms with van der Waals surface area (Å²) in [5, 5.41) is 0. The smallest absolute Gasteiger partial charge is 0.244 e. The average Bonchev–Trinajstić information content (AvgIpc) is 2.86.